The molecule has 2 N–H and O–H groups in total. The van der Waals surface area contributed by atoms with Crippen LogP contribution in [0.15, 0.2) is 71.7 Å². The summed E-state index contributed by atoms with van der Waals surface area (Å²) < 4.78 is 0. The molecular formula is C35H46N8O2. The molecule has 10 heteroatoms. The number of H-pyrrole nitrogens is 1. The molecule has 3 aromatic rings. The fourth-order valence-electron chi connectivity index (χ4n) is 6.52. The molecule has 0 saturated heterocycles. The Bertz CT molecular complexity index is 1500. The number of carbonyl (C=O) groups is 2. The molecule has 1 atom stereocenters. The minimum atomic E-state index is -0.619. The first kappa shape index (κ1) is 32.1. The summed E-state index contributed by atoms with van der Waals surface area (Å²) >= 11 is 0. The topological polar surface area (TPSA) is 119 Å². The normalized spacial score (nSPS) is 20.6. The molecule has 1 spiro atoms. The minimum Gasteiger partial charge on any atom is -0.351 e. The Morgan fingerprint density at radius 2 is 1.82 bits per heavy atom. The van der Waals surface area contributed by atoms with E-state index >= 15 is 0 Å². The second-order valence-electron chi connectivity index (χ2n) is 13.8. The Labute approximate surface area is 266 Å². The highest BCUT2D eigenvalue weighted by Crippen LogP contribution is 2.48. The van der Waals surface area contributed by atoms with Crippen molar-refractivity contribution in [2.45, 2.75) is 91.0 Å². The first-order chi connectivity index (χ1) is 21.5. The van der Waals surface area contributed by atoms with Crippen LogP contribution in [-0.4, -0.2) is 60.8 Å². The molecule has 1 aliphatic carbocycles. The number of likely N-dealkylation sites (N-methyl/N-ethyl adjacent to an activating group) is 1. The molecule has 0 radical (unpaired) electrons. The number of hydrogen-bond donors (Lipinski definition) is 2. The third-order valence-electron chi connectivity index (χ3n) is 9.11. The number of carbonyl (C=O) groups excluding carboxylic acids is 2. The monoisotopic (exact) mass is 610 g/mol. The fraction of sp³-hybridized carbons (Fsp3) is 0.486. The van der Waals surface area contributed by atoms with Crippen LogP contribution >= 0.6 is 0 Å². The lowest BCUT2D eigenvalue weighted by Gasteiger charge is -2.45. The van der Waals surface area contributed by atoms with Crippen molar-refractivity contribution in [2.24, 2.45) is 16.3 Å². The molecule has 238 valence electrons. The molecule has 1 fully saturated rings. The first-order valence-corrected chi connectivity index (χ1v) is 15.9. The number of aromatic amines is 1. The van der Waals surface area contributed by atoms with Crippen LogP contribution in [0.25, 0.3) is 0 Å². The summed E-state index contributed by atoms with van der Waals surface area (Å²) in [5.74, 6) is 1.12. The van der Waals surface area contributed by atoms with Gasteiger partial charge < -0.3 is 15.1 Å². The highest BCUT2D eigenvalue weighted by atomic mass is 16.2. The molecule has 1 aliphatic heterocycles. The highest BCUT2D eigenvalue weighted by molar-refractivity contribution is 6.39. The molecule has 0 bridgehead atoms. The Hall–Kier alpha value is -4.34. The number of nitrogens with zero attached hydrogens (tertiary/aromatic N) is 6. The van der Waals surface area contributed by atoms with Crippen LogP contribution in [0, 0.1) is 11.3 Å². The Kier molecular flexibility index (Phi) is 9.51. The van der Waals surface area contributed by atoms with Gasteiger partial charge in [-0.2, -0.15) is 5.21 Å². The zero-order chi connectivity index (χ0) is 32.2. The number of rotatable bonds is 10. The number of aromatic nitrogens is 4. The number of benzene rings is 2. The van der Waals surface area contributed by atoms with Gasteiger partial charge in [-0.1, -0.05) is 80.6 Å². The van der Waals surface area contributed by atoms with E-state index in [0.29, 0.717) is 29.7 Å². The number of amidine groups is 1. The number of nitrogens with one attached hydrogen (secondary N) is 2. The molecule has 2 amide bonds. The third kappa shape index (κ3) is 7.49. The van der Waals surface area contributed by atoms with Gasteiger partial charge in [0.15, 0.2) is 11.7 Å². The predicted octanol–water partition coefficient (Wildman–Crippen LogP) is 5.83. The average Bonchev–Trinajstić information content (AvgIpc) is 3.63. The van der Waals surface area contributed by atoms with Gasteiger partial charge in [0.25, 0.3) is 11.8 Å². The second kappa shape index (κ2) is 13.3. The maximum absolute atomic E-state index is 14.6. The summed E-state index contributed by atoms with van der Waals surface area (Å²) in [7, 11) is 1.96. The largest absolute Gasteiger partial charge is 0.351 e. The lowest BCUT2D eigenvalue weighted by Crippen LogP contribution is -2.51. The lowest BCUT2D eigenvalue weighted by atomic mass is 9.77. The van der Waals surface area contributed by atoms with Crippen LogP contribution in [0.5, 0.6) is 0 Å². The summed E-state index contributed by atoms with van der Waals surface area (Å²) in [5, 5.41) is 16.5. The Morgan fingerprint density at radius 1 is 1.13 bits per heavy atom. The third-order valence-corrected chi connectivity index (χ3v) is 9.11. The van der Waals surface area contributed by atoms with E-state index in [-0.39, 0.29) is 29.8 Å². The van der Waals surface area contributed by atoms with Crippen molar-refractivity contribution in [1.82, 2.24) is 35.7 Å². The van der Waals surface area contributed by atoms with Gasteiger partial charge in [0, 0.05) is 19.2 Å². The average molecular weight is 611 g/mol. The van der Waals surface area contributed by atoms with Crippen molar-refractivity contribution in [3.8, 4) is 0 Å². The van der Waals surface area contributed by atoms with Gasteiger partial charge in [0.2, 0.25) is 0 Å². The number of hydrogen-bond acceptors (Lipinski definition) is 7. The van der Waals surface area contributed by atoms with Gasteiger partial charge in [0.05, 0.1) is 12.6 Å². The van der Waals surface area contributed by atoms with Gasteiger partial charge in [-0.05, 0) is 80.0 Å². The molecule has 1 saturated carbocycles. The molecule has 10 nitrogen and oxygen atoms in total. The Morgan fingerprint density at radius 3 is 2.42 bits per heavy atom. The molecule has 2 heterocycles. The van der Waals surface area contributed by atoms with Crippen LogP contribution in [0.1, 0.15) is 99.6 Å². The highest BCUT2D eigenvalue weighted by Gasteiger charge is 2.52. The van der Waals surface area contributed by atoms with Crippen molar-refractivity contribution in [3.63, 3.8) is 0 Å². The molecule has 2 aromatic carbocycles. The van der Waals surface area contributed by atoms with E-state index in [4.69, 9.17) is 4.99 Å². The van der Waals surface area contributed by atoms with E-state index in [1.54, 1.807) is 0 Å². The van der Waals surface area contributed by atoms with E-state index < -0.39 is 5.66 Å². The lowest BCUT2D eigenvalue weighted by molar-refractivity contribution is -0.134. The van der Waals surface area contributed by atoms with Crippen molar-refractivity contribution < 1.29 is 9.59 Å². The van der Waals surface area contributed by atoms with Crippen molar-refractivity contribution in [1.29, 1.82) is 0 Å². The SMILES string of the molecule is C=C(C)C1CCC2(CC1)N=C(N(C)Cc1ccccc1)C(=O)N2[C@H](CCC(C)(C)C)c1ccc(C(=O)NCc2nn[nH]n2)cc1. The van der Waals surface area contributed by atoms with Gasteiger partial charge in [-0.25, -0.2) is 4.99 Å². The van der Waals surface area contributed by atoms with E-state index in [9.17, 15) is 9.59 Å². The molecule has 1 aromatic heterocycles. The number of allylic oxidation sites excluding steroid dienone is 1. The number of aliphatic imine (C=N–C) groups is 1. The minimum absolute atomic E-state index is 0.0250. The Balaban J connectivity index is 1.46. The smallest absolute Gasteiger partial charge is 0.291 e. The van der Waals surface area contributed by atoms with Gasteiger partial charge in [-0.3, -0.25) is 9.59 Å². The van der Waals surface area contributed by atoms with Crippen LogP contribution in [0.4, 0.5) is 0 Å². The molecule has 45 heavy (non-hydrogen) atoms. The van der Waals surface area contributed by atoms with Gasteiger partial charge in [0.1, 0.15) is 5.66 Å². The van der Waals surface area contributed by atoms with Crippen molar-refractivity contribution in [3.05, 3.63) is 89.3 Å². The molecular weight excluding hydrogens is 564 g/mol. The first-order valence-electron chi connectivity index (χ1n) is 15.9. The predicted molar refractivity (Wildman–Crippen MR) is 175 cm³/mol. The summed E-state index contributed by atoms with van der Waals surface area (Å²) in [6.45, 7) is 13.8. The number of amides is 2. The van der Waals surface area contributed by atoms with E-state index in [0.717, 1.165) is 49.7 Å². The number of tetrazole rings is 1. The van der Waals surface area contributed by atoms with E-state index in [1.165, 1.54) is 5.57 Å². The van der Waals surface area contributed by atoms with Gasteiger partial charge >= 0.3 is 0 Å². The van der Waals surface area contributed by atoms with E-state index in [1.807, 2.05) is 54.4 Å². The quantitative estimate of drug-likeness (QED) is 0.279. The van der Waals surface area contributed by atoms with Crippen LogP contribution < -0.4 is 5.32 Å². The maximum atomic E-state index is 14.6. The second-order valence-corrected chi connectivity index (χ2v) is 13.8. The van der Waals surface area contributed by atoms with Crippen LogP contribution in [0.3, 0.4) is 0 Å². The molecule has 0 unspecified atom stereocenters. The van der Waals surface area contributed by atoms with Gasteiger partial charge in [-0.15, -0.1) is 10.2 Å². The maximum Gasteiger partial charge on any atom is 0.291 e. The zero-order valence-corrected chi connectivity index (χ0v) is 27.2. The summed E-state index contributed by atoms with van der Waals surface area (Å²) in [5.41, 5.74) is 3.32. The summed E-state index contributed by atoms with van der Waals surface area (Å²) in [6.07, 6.45) is 5.19. The molecule has 2 aliphatic rings. The zero-order valence-electron chi connectivity index (χ0n) is 27.2. The summed E-state index contributed by atoms with van der Waals surface area (Å²) in [4.78, 5) is 36.9. The summed E-state index contributed by atoms with van der Waals surface area (Å²) in [6, 6.07) is 17.6. The van der Waals surface area contributed by atoms with Crippen LogP contribution in [-0.2, 0) is 17.9 Å². The van der Waals surface area contributed by atoms with E-state index in [2.05, 4.69) is 77.2 Å². The van der Waals surface area contributed by atoms with Crippen molar-refractivity contribution in [2.75, 3.05) is 7.05 Å². The fourth-order valence-corrected chi connectivity index (χ4v) is 6.52. The standard InChI is InChI=1S/C35H46N8O2/c1-24(2)26-16-20-35(21-17-26)37-31(42(6)23-25-10-8-7-9-11-25)33(45)43(35)29(18-19-34(3,4)5)27-12-14-28(15-13-27)32(44)36-22-30-38-40-41-39-30/h7-15,26,29H,1,16-23H2,2-6H3,(H,36,44)(H,38,39,40,41)/t26?,29-,35?/m1/s1. The van der Waals surface area contributed by atoms with Crippen molar-refractivity contribution >= 4 is 17.6 Å². The van der Waals surface area contributed by atoms with Crippen LogP contribution in [0.2, 0.25) is 0 Å². The molecule has 5 rings (SSSR count).